The summed E-state index contributed by atoms with van der Waals surface area (Å²) in [6.07, 6.45) is 8.25. The number of aliphatic hydroxyl groups is 2. The molecule has 0 aromatic carbocycles. The Bertz CT molecular complexity index is 1120. The summed E-state index contributed by atoms with van der Waals surface area (Å²) in [7, 11) is 0. The molecular formula is C37H60O6. The number of rotatable bonds is 4. The van der Waals surface area contributed by atoms with Crippen molar-refractivity contribution in [3.05, 3.63) is 12.2 Å². The number of aliphatic hydroxyl groups excluding tert-OH is 2. The molecule has 6 nitrogen and oxygen atoms in total. The molecule has 6 fully saturated rings. The summed E-state index contributed by atoms with van der Waals surface area (Å²) >= 11 is 0. The summed E-state index contributed by atoms with van der Waals surface area (Å²) in [6, 6.07) is 0. The van der Waals surface area contributed by atoms with E-state index in [1.165, 1.54) is 63.9 Å². The monoisotopic (exact) mass is 600 g/mol. The van der Waals surface area contributed by atoms with E-state index < -0.39 is 30.6 Å². The molecule has 1 saturated heterocycles. The molecule has 14 atom stereocenters. The minimum atomic E-state index is -1.23. The maximum atomic E-state index is 11.8. The highest BCUT2D eigenvalue weighted by atomic mass is 16.7. The quantitative estimate of drug-likeness (QED) is 0.204. The molecule has 6 heteroatoms. The Morgan fingerprint density at radius 1 is 0.837 bits per heavy atom. The summed E-state index contributed by atoms with van der Waals surface area (Å²) in [5.41, 5.74) is 2.69. The second-order valence-corrected chi connectivity index (χ2v) is 17.7. The average molecular weight is 601 g/mol. The molecule has 0 bridgehead atoms. The highest BCUT2D eigenvalue weighted by molar-refractivity contribution is 5.66. The fraction of sp³-hybridized carbons (Fsp3) is 0.919. The van der Waals surface area contributed by atoms with Crippen LogP contribution >= 0.6 is 0 Å². The third-order valence-electron chi connectivity index (χ3n) is 15.5. The Labute approximate surface area is 260 Å². The van der Waals surface area contributed by atoms with Gasteiger partial charge in [0.25, 0.3) is 0 Å². The van der Waals surface area contributed by atoms with Crippen LogP contribution in [0.5, 0.6) is 0 Å². The lowest BCUT2D eigenvalue weighted by atomic mass is 9.32. The third kappa shape index (κ3) is 4.57. The Kier molecular flexibility index (Phi) is 7.84. The normalized spacial score (nSPS) is 54.0. The zero-order valence-electron chi connectivity index (χ0n) is 28.3. The SMILES string of the molecule is C=C(C)[C@@H]1CC[C@]2(C)CC[C@]3(C)[C@H](CC[C@@H]4[C@@]5(C)CCC(O[C@@H]6OC[C@H](O)[C@H](O)[C@H]6OC(C)=O)C(C)(C)[C@@H]5CC[C@]43C)[C@@H]12. The van der Waals surface area contributed by atoms with Crippen molar-refractivity contribution in [1.82, 2.24) is 0 Å². The Hall–Kier alpha value is -0.950. The number of carbonyl (C=O) groups is 1. The highest BCUT2D eigenvalue weighted by Gasteiger charge is 2.70. The predicted octanol–water partition coefficient (Wildman–Crippen LogP) is 7.06. The predicted molar refractivity (Wildman–Crippen MR) is 167 cm³/mol. The number of fused-ring (bicyclic) bond motifs is 7. The number of esters is 1. The second kappa shape index (κ2) is 10.5. The molecule has 6 rings (SSSR count). The van der Waals surface area contributed by atoms with Crippen LogP contribution in [-0.2, 0) is 19.0 Å². The fourth-order valence-electron chi connectivity index (χ4n) is 13.1. The average Bonchev–Trinajstić information content (AvgIpc) is 3.28. The fourth-order valence-corrected chi connectivity index (χ4v) is 13.1. The first-order valence-electron chi connectivity index (χ1n) is 17.5. The van der Waals surface area contributed by atoms with Gasteiger partial charge in [0.15, 0.2) is 12.4 Å². The van der Waals surface area contributed by atoms with Crippen LogP contribution < -0.4 is 0 Å². The van der Waals surface area contributed by atoms with Crippen LogP contribution in [0.1, 0.15) is 120 Å². The lowest BCUT2D eigenvalue weighted by Gasteiger charge is -2.73. The molecule has 0 spiro atoms. The number of hydrogen-bond donors (Lipinski definition) is 2. The van der Waals surface area contributed by atoms with Crippen LogP contribution in [-0.4, -0.2) is 53.5 Å². The van der Waals surface area contributed by atoms with Gasteiger partial charge in [0.1, 0.15) is 12.2 Å². The molecule has 5 saturated carbocycles. The molecular weight excluding hydrogens is 540 g/mol. The molecule has 1 aliphatic heterocycles. The van der Waals surface area contributed by atoms with Crippen LogP contribution in [0.4, 0.5) is 0 Å². The van der Waals surface area contributed by atoms with Crippen molar-refractivity contribution in [3.8, 4) is 0 Å². The van der Waals surface area contributed by atoms with Crippen molar-refractivity contribution in [2.24, 2.45) is 56.7 Å². The van der Waals surface area contributed by atoms with Crippen LogP contribution in [0.25, 0.3) is 0 Å². The van der Waals surface area contributed by atoms with Gasteiger partial charge in [-0.05, 0) is 128 Å². The minimum Gasteiger partial charge on any atom is -0.454 e. The number of hydrogen-bond acceptors (Lipinski definition) is 6. The lowest BCUT2D eigenvalue weighted by molar-refractivity contribution is -0.313. The molecule has 0 aromatic heterocycles. The third-order valence-corrected chi connectivity index (χ3v) is 15.5. The van der Waals surface area contributed by atoms with E-state index in [2.05, 4.69) is 55.0 Å². The van der Waals surface area contributed by atoms with Gasteiger partial charge in [-0.1, -0.05) is 53.7 Å². The molecule has 6 aliphatic rings. The van der Waals surface area contributed by atoms with E-state index >= 15 is 0 Å². The van der Waals surface area contributed by atoms with Gasteiger partial charge in [0.05, 0.1) is 12.7 Å². The van der Waals surface area contributed by atoms with Crippen LogP contribution in [0, 0.1) is 56.7 Å². The molecule has 43 heavy (non-hydrogen) atoms. The molecule has 0 amide bonds. The first kappa shape index (κ1) is 32.0. The van der Waals surface area contributed by atoms with Crippen LogP contribution in [0.15, 0.2) is 12.2 Å². The molecule has 0 aromatic rings. The van der Waals surface area contributed by atoms with Gasteiger partial charge >= 0.3 is 5.97 Å². The van der Waals surface area contributed by atoms with Gasteiger partial charge in [0.2, 0.25) is 0 Å². The zero-order valence-corrected chi connectivity index (χ0v) is 28.3. The van der Waals surface area contributed by atoms with E-state index in [0.29, 0.717) is 34.0 Å². The van der Waals surface area contributed by atoms with Gasteiger partial charge in [-0.3, -0.25) is 4.79 Å². The largest absolute Gasteiger partial charge is 0.454 e. The smallest absolute Gasteiger partial charge is 0.303 e. The summed E-state index contributed by atoms with van der Waals surface area (Å²) in [6.45, 7) is 23.4. The van der Waals surface area contributed by atoms with Crippen molar-refractivity contribution in [3.63, 3.8) is 0 Å². The zero-order chi connectivity index (χ0) is 31.3. The molecule has 2 N–H and O–H groups in total. The van der Waals surface area contributed by atoms with Gasteiger partial charge in [-0.25, -0.2) is 0 Å². The number of ether oxygens (including phenoxy) is 3. The topological polar surface area (TPSA) is 85.2 Å². The van der Waals surface area contributed by atoms with Gasteiger partial charge in [-0.2, -0.15) is 0 Å². The van der Waals surface area contributed by atoms with E-state index in [9.17, 15) is 15.0 Å². The van der Waals surface area contributed by atoms with E-state index in [1.54, 1.807) is 0 Å². The van der Waals surface area contributed by atoms with E-state index in [-0.39, 0.29) is 23.5 Å². The summed E-state index contributed by atoms with van der Waals surface area (Å²) in [4.78, 5) is 11.8. The molecule has 1 unspecified atom stereocenters. The first-order valence-corrected chi connectivity index (χ1v) is 17.5. The maximum absolute atomic E-state index is 11.8. The molecule has 0 radical (unpaired) electrons. The van der Waals surface area contributed by atoms with Gasteiger partial charge in [-0.15, -0.1) is 0 Å². The maximum Gasteiger partial charge on any atom is 0.303 e. The number of allylic oxidation sites excluding steroid dienone is 1. The van der Waals surface area contributed by atoms with Crippen LogP contribution in [0.2, 0.25) is 0 Å². The van der Waals surface area contributed by atoms with Crippen LogP contribution in [0.3, 0.4) is 0 Å². The van der Waals surface area contributed by atoms with Gasteiger partial charge in [0, 0.05) is 6.92 Å². The standard InChI is InChI=1S/C37H60O6/c1-21(2)23-12-15-34(6)18-19-36(8)24(29(23)34)10-11-27-35(7)16-14-28(33(4,5)26(35)13-17-37(27,36)9)43-32-31(42-22(3)38)30(40)25(39)20-41-32/h23-32,39-40H,1,10-20H2,2-9H3/t23-,24+,25-,26-,27+,28?,29+,30-,31+,32-,34+,35-,36+,37+/m0/s1. The van der Waals surface area contributed by atoms with Crippen molar-refractivity contribution in [2.45, 2.75) is 150 Å². The van der Waals surface area contributed by atoms with E-state index in [0.717, 1.165) is 24.7 Å². The van der Waals surface area contributed by atoms with Crippen molar-refractivity contribution in [1.29, 1.82) is 0 Å². The Morgan fingerprint density at radius 2 is 1.56 bits per heavy atom. The first-order chi connectivity index (χ1) is 20.0. The van der Waals surface area contributed by atoms with Crippen molar-refractivity contribution < 1.29 is 29.2 Å². The van der Waals surface area contributed by atoms with Crippen molar-refractivity contribution in [2.75, 3.05) is 6.61 Å². The second-order valence-electron chi connectivity index (χ2n) is 17.7. The Balaban J connectivity index is 1.25. The molecule has 1 heterocycles. The molecule has 244 valence electrons. The van der Waals surface area contributed by atoms with Gasteiger partial charge < -0.3 is 24.4 Å². The van der Waals surface area contributed by atoms with E-state index in [1.807, 2.05) is 0 Å². The number of carbonyl (C=O) groups excluding carboxylic acids is 1. The summed E-state index contributed by atoms with van der Waals surface area (Å²) in [5, 5.41) is 20.8. The van der Waals surface area contributed by atoms with E-state index in [4.69, 9.17) is 14.2 Å². The lowest BCUT2D eigenvalue weighted by Crippen LogP contribution is -2.67. The van der Waals surface area contributed by atoms with Crippen molar-refractivity contribution >= 4 is 5.97 Å². The summed E-state index contributed by atoms with van der Waals surface area (Å²) < 4.78 is 17.9. The molecule has 5 aliphatic carbocycles. The Morgan fingerprint density at radius 3 is 2.23 bits per heavy atom. The highest BCUT2D eigenvalue weighted by Crippen LogP contribution is 2.77. The minimum absolute atomic E-state index is 0.0374. The summed E-state index contributed by atoms with van der Waals surface area (Å²) in [5.74, 6) is 2.93.